The number of rotatable bonds is 4. The Balaban J connectivity index is 1.78. The van der Waals surface area contributed by atoms with Crippen LogP contribution in [0.5, 0.6) is 0 Å². The molecule has 152 valence electrons. The molecule has 1 aliphatic heterocycles. The number of pyridine rings is 1. The average Bonchev–Trinajstić information content (AvgIpc) is 2.99. The molecule has 2 aromatic heterocycles. The second-order valence-electron chi connectivity index (χ2n) is 7.44. The van der Waals surface area contributed by atoms with Crippen LogP contribution in [0, 0.1) is 6.92 Å². The van der Waals surface area contributed by atoms with Crippen LogP contribution in [0.4, 0.5) is 5.82 Å². The van der Waals surface area contributed by atoms with Gasteiger partial charge in [0, 0.05) is 18.8 Å². The number of thioether (sulfide) groups is 1. The van der Waals surface area contributed by atoms with Gasteiger partial charge in [0.25, 0.3) is 11.5 Å². The van der Waals surface area contributed by atoms with Crippen molar-refractivity contribution < 1.29 is 4.79 Å². The van der Waals surface area contributed by atoms with Crippen molar-refractivity contribution in [3.05, 3.63) is 44.7 Å². The summed E-state index contributed by atoms with van der Waals surface area (Å²) >= 11 is 6.79. The molecule has 3 heterocycles. The summed E-state index contributed by atoms with van der Waals surface area (Å²) in [5.74, 6) is 0.401. The topological polar surface area (TPSA) is 66.7 Å². The lowest BCUT2D eigenvalue weighted by Gasteiger charge is -2.29. The van der Waals surface area contributed by atoms with Crippen molar-refractivity contribution >= 4 is 51.7 Å². The third-order valence-electron chi connectivity index (χ3n) is 5.47. The van der Waals surface area contributed by atoms with Crippen molar-refractivity contribution in [1.82, 2.24) is 14.3 Å². The van der Waals surface area contributed by atoms with E-state index in [1.54, 1.807) is 17.2 Å². The zero-order chi connectivity index (χ0) is 20.5. The number of fused-ring (bicyclic) bond motifs is 1. The number of amides is 1. The highest BCUT2D eigenvalue weighted by Gasteiger charge is 2.37. The first kappa shape index (κ1) is 20.1. The zero-order valence-corrected chi connectivity index (χ0v) is 18.2. The molecule has 1 N–H and O–H groups in total. The minimum Gasteiger partial charge on any atom is -0.370 e. The Labute approximate surface area is 179 Å². The molecule has 0 atom stereocenters. The predicted molar refractivity (Wildman–Crippen MR) is 122 cm³/mol. The quantitative estimate of drug-likeness (QED) is 0.587. The molecule has 1 saturated heterocycles. The second-order valence-corrected chi connectivity index (χ2v) is 9.11. The van der Waals surface area contributed by atoms with Gasteiger partial charge < -0.3 is 5.32 Å². The second kappa shape index (κ2) is 8.28. The van der Waals surface area contributed by atoms with Crippen LogP contribution in [0.15, 0.2) is 28.0 Å². The van der Waals surface area contributed by atoms with Crippen molar-refractivity contribution in [2.24, 2.45) is 0 Å². The fourth-order valence-corrected chi connectivity index (χ4v) is 5.39. The van der Waals surface area contributed by atoms with Crippen LogP contribution in [0.3, 0.4) is 0 Å². The number of nitrogens with zero attached hydrogens (tertiary/aromatic N) is 3. The number of hydrogen-bond acceptors (Lipinski definition) is 6. The molecule has 2 aromatic rings. The van der Waals surface area contributed by atoms with Crippen molar-refractivity contribution in [3.8, 4) is 0 Å². The maximum absolute atomic E-state index is 13.2. The van der Waals surface area contributed by atoms with E-state index in [1.165, 1.54) is 22.6 Å². The van der Waals surface area contributed by atoms with Crippen LogP contribution in [-0.4, -0.2) is 37.1 Å². The SMILES string of the molecule is CCNc1nc2c(C)cccn2c(=O)c1C=C1SC(=S)N(C2CCCCC2)C1=O. The molecule has 2 fully saturated rings. The molecule has 0 spiro atoms. The van der Waals surface area contributed by atoms with E-state index in [4.69, 9.17) is 12.2 Å². The lowest BCUT2D eigenvalue weighted by molar-refractivity contribution is -0.124. The van der Waals surface area contributed by atoms with Gasteiger partial charge in [-0.1, -0.05) is 49.3 Å². The molecule has 0 radical (unpaired) electrons. The van der Waals surface area contributed by atoms with E-state index in [-0.39, 0.29) is 17.5 Å². The maximum atomic E-state index is 13.2. The van der Waals surface area contributed by atoms with Gasteiger partial charge in [-0.3, -0.25) is 18.9 Å². The number of aromatic nitrogens is 2. The molecule has 0 bridgehead atoms. The summed E-state index contributed by atoms with van der Waals surface area (Å²) in [6.45, 7) is 4.50. The fourth-order valence-electron chi connectivity index (χ4n) is 4.01. The Morgan fingerprint density at radius 2 is 2.07 bits per heavy atom. The minimum absolute atomic E-state index is 0.0944. The highest BCUT2D eigenvalue weighted by atomic mass is 32.2. The first-order valence-electron chi connectivity index (χ1n) is 10.0. The van der Waals surface area contributed by atoms with E-state index in [9.17, 15) is 9.59 Å². The van der Waals surface area contributed by atoms with E-state index in [0.717, 1.165) is 31.2 Å². The van der Waals surface area contributed by atoms with Gasteiger partial charge in [-0.25, -0.2) is 4.98 Å². The molecule has 29 heavy (non-hydrogen) atoms. The van der Waals surface area contributed by atoms with Crippen LogP contribution in [0.1, 0.15) is 50.2 Å². The molecule has 0 unspecified atom stereocenters. The van der Waals surface area contributed by atoms with Crippen LogP contribution in [-0.2, 0) is 4.79 Å². The highest BCUT2D eigenvalue weighted by molar-refractivity contribution is 8.26. The predicted octanol–water partition coefficient (Wildman–Crippen LogP) is 3.97. The smallest absolute Gasteiger partial charge is 0.267 e. The standard InChI is InChI=1S/C21H24N4O2S2/c1-3-22-17-15(19(26)24-11-7-8-13(2)18(24)23-17)12-16-20(27)25(21(28)29-16)14-9-5-4-6-10-14/h7-8,11-12,14,22H,3-6,9-10H2,1-2H3. The van der Waals surface area contributed by atoms with Gasteiger partial charge in [0.2, 0.25) is 0 Å². The molecule has 1 amide bonds. The lowest BCUT2D eigenvalue weighted by atomic mass is 9.94. The third kappa shape index (κ3) is 3.71. The first-order valence-corrected chi connectivity index (χ1v) is 11.3. The summed E-state index contributed by atoms with van der Waals surface area (Å²) in [7, 11) is 0. The summed E-state index contributed by atoms with van der Waals surface area (Å²) < 4.78 is 2.12. The zero-order valence-electron chi connectivity index (χ0n) is 16.6. The van der Waals surface area contributed by atoms with Crippen LogP contribution < -0.4 is 10.9 Å². The molecule has 1 aliphatic carbocycles. The van der Waals surface area contributed by atoms with Crippen molar-refractivity contribution in [1.29, 1.82) is 0 Å². The number of nitrogens with one attached hydrogen (secondary N) is 1. The molecule has 1 saturated carbocycles. The Morgan fingerprint density at radius 1 is 1.31 bits per heavy atom. The highest BCUT2D eigenvalue weighted by Crippen LogP contribution is 2.37. The van der Waals surface area contributed by atoms with Crippen molar-refractivity contribution in [2.45, 2.75) is 52.0 Å². The lowest BCUT2D eigenvalue weighted by Crippen LogP contribution is -2.39. The van der Waals surface area contributed by atoms with Gasteiger partial charge >= 0.3 is 0 Å². The number of thiocarbonyl (C=S) groups is 1. The van der Waals surface area contributed by atoms with Crippen molar-refractivity contribution in [3.63, 3.8) is 0 Å². The average molecular weight is 429 g/mol. The number of carbonyl (C=O) groups is 1. The third-order valence-corrected chi connectivity index (χ3v) is 6.80. The van der Waals surface area contributed by atoms with E-state index >= 15 is 0 Å². The fraction of sp³-hybridized carbons (Fsp3) is 0.429. The summed E-state index contributed by atoms with van der Waals surface area (Å²) in [6, 6.07) is 3.92. The van der Waals surface area contributed by atoms with Crippen LogP contribution in [0.25, 0.3) is 11.7 Å². The molecule has 4 rings (SSSR count). The largest absolute Gasteiger partial charge is 0.370 e. The molecule has 6 nitrogen and oxygen atoms in total. The van der Waals surface area contributed by atoms with E-state index in [0.29, 0.717) is 32.8 Å². The number of anilines is 1. The number of hydrogen-bond donors (Lipinski definition) is 1. The summed E-state index contributed by atoms with van der Waals surface area (Å²) in [5.41, 5.74) is 1.72. The number of aryl methyl sites for hydroxylation is 1. The Bertz CT molecular complexity index is 1070. The van der Waals surface area contributed by atoms with Gasteiger partial charge in [0.1, 0.15) is 15.8 Å². The Morgan fingerprint density at radius 3 is 2.79 bits per heavy atom. The number of carbonyl (C=O) groups excluding carboxylic acids is 1. The summed E-state index contributed by atoms with van der Waals surface area (Å²) in [5, 5.41) is 3.17. The minimum atomic E-state index is -0.197. The first-order chi connectivity index (χ1) is 14.0. The summed E-state index contributed by atoms with van der Waals surface area (Å²) in [4.78, 5) is 33.2. The molecule has 8 heteroatoms. The Hall–Kier alpha value is -2.19. The molecular formula is C21H24N4O2S2. The van der Waals surface area contributed by atoms with Crippen LogP contribution >= 0.6 is 24.0 Å². The molecular weight excluding hydrogens is 404 g/mol. The van der Waals surface area contributed by atoms with Gasteiger partial charge in [-0.05, 0) is 44.4 Å². The van der Waals surface area contributed by atoms with Crippen molar-refractivity contribution in [2.75, 3.05) is 11.9 Å². The van der Waals surface area contributed by atoms with E-state index in [1.807, 2.05) is 26.0 Å². The van der Waals surface area contributed by atoms with E-state index < -0.39 is 0 Å². The van der Waals surface area contributed by atoms with Gasteiger partial charge in [0.15, 0.2) is 0 Å². The van der Waals surface area contributed by atoms with Gasteiger partial charge in [0.05, 0.1) is 10.5 Å². The van der Waals surface area contributed by atoms with E-state index in [2.05, 4.69) is 10.3 Å². The molecule has 2 aliphatic rings. The van der Waals surface area contributed by atoms with Gasteiger partial charge in [-0.15, -0.1) is 0 Å². The van der Waals surface area contributed by atoms with Crippen LogP contribution in [0.2, 0.25) is 0 Å². The molecule has 0 aromatic carbocycles. The van der Waals surface area contributed by atoms with Gasteiger partial charge in [-0.2, -0.15) is 0 Å². The summed E-state index contributed by atoms with van der Waals surface area (Å²) in [6.07, 6.45) is 8.80. The normalized spacial score (nSPS) is 19.5. The Kier molecular flexibility index (Phi) is 5.74. The monoisotopic (exact) mass is 428 g/mol. The maximum Gasteiger partial charge on any atom is 0.267 e.